The second-order valence-corrected chi connectivity index (χ2v) is 7.58. The molecule has 0 atom stereocenters. The van der Waals surface area contributed by atoms with Crippen molar-refractivity contribution in [2.24, 2.45) is 0 Å². The number of aryl methyl sites for hydroxylation is 1. The number of hydrogen-bond donors (Lipinski definition) is 1. The molecule has 0 spiro atoms. The zero-order valence-electron chi connectivity index (χ0n) is 16.8. The summed E-state index contributed by atoms with van der Waals surface area (Å²) in [6.45, 7) is 7.25. The molecule has 0 unspecified atom stereocenters. The molecule has 5 nitrogen and oxygen atoms in total. The van der Waals surface area contributed by atoms with Crippen molar-refractivity contribution in [3.63, 3.8) is 0 Å². The molecule has 142 valence electrons. The van der Waals surface area contributed by atoms with Crippen molar-refractivity contribution in [3.05, 3.63) is 59.4 Å². The van der Waals surface area contributed by atoms with E-state index in [1.54, 1.807) is 0 Å². The van der Waals surface area contributed by atoms with Crippen molar-refractivity contribution in [1.82, 2.24) is 14.5 Å². The van der Waals surface area contributed by atoms with Gasteiger partial charge < -0.3 is 14.8 Å². The quantitative estimate of drug-likeness (QED) is 0.714. The smallest absolute Gasteiger partial charge is 0.244 e. The van der Waals surface area contributed by atoms with Gasteiger partial charge in [-0.2, -0.15) is 0 Å². The Labute approximate surface area is 161 Å². The molecular formula is C22H28N4O. The highest BCUT2D eigenvalue weighted by molar-refractivity contribution is 5.93. The molecule has 1 heterocycles. The Morgan fingerprint density at radius 2 is 1.89 bits per heavy atom. The van der Waals surface area contributed by atoms with E-state index in [2.05, 4.69) is 30.1 Å². The van der Waals surface area contributed by atoms with Gasteiger partial charge in [-0.15, -0.1) is 0 Å². The van der Waals surface area contributed by atoms with E-state index in [4.69, 9.17) is 4.98 Å². The van der Waals surface area contributed by atoms with Crippen LogP contribution in [0.15, 0.2) is 42.5 Å². The molecule has 0 saturated heterocycles. The molecule has 27 heavy (non-hydrogen) atoms. The summed E-state index contributed by atoms with van der Waals surface area (Å²) in [7, 11) is 4.01. The predicted octanol–water partition coefficient (Wildman–Crippen LogP) is 4.17. The molecule has 0 fully saturated rings. The second-order valence-electron chi connectivity index (χ2n) is 7.58. The van der Waals surface area contributed by atoms with Gasteiger partial charge in [0.1, 0.15) is 12.4 Å². The predicted molar refractivity (Wildman–Crippen MR) is 111 cm³/mol. The number of carbonyl (C=O) groups is 1. The van der Waals surface area contributed by atoms with E-state index in [0.717, 1.165) is 33.7 Å². The maximum atomic E-state index is 12.9. The van der Waals surface area contributed by atoms with Crippen LogP contribution in [0.4, 0.5) is 5.69 Å². The fraction of sp³-hybridized carbons (Fsp3) is 0.364. The van der Waals surface area contributed by atoms with E-state index < -0.39 is 0 Å². The van der Waals surface area contributed by atoms with Crippen molar-refractivity contribution in [2.45, 2.75) is 39.8 Å². The monoisotopic (exact) mass is 364 g/mol. The summed E-state index contributed by atoms with van der Waals surface area (Å²) < 4.78 is 2.01. The second kappa shape index (κ2) is 7.92. The van der Waals surface area contributed by atoms with Gasteiger partial charge in [-0.05, 0) is 50.2 Å². The zero-order valence-corrected chi connectivity index (χ0v) is 16.8. The molecule has 1 N–H and O–H groups in total. The molecule has 0 saturated carbocycles. The molecule has 5 heteroatoms. The number of nitrogens with one attached hydrogen (secondary N) is 1. The first-order valence-corrected chi connectivity index (χ1v) is 9.35. The minimum absolute atomic E-state index is 0.0330. The van der Waals surface area contributed by atoms with Gasteiger partial charge in [0.05, 0.1) is 17.6 Å². The van der Waals surface area contributed by atoms with Crippen LogP contribution in [0.2, 0.25) is 0 Å². The first kappa shape index (κ1) is 19.1. The third-order valence-electron chi connectivity index (χ3n) is 4.68. The number of hydrogen-bond acceptors (Lipinski definition) is 3. The SMILES string of the molecule is Cc1cccc(C(C)C)c1NC(=O)Cn1c(CN(C)C)nc2ccccc21. The average Bonchev–Trinajstić information content (AvgIpc) is 2.93. The number of nitrogens with zero attached hydrogens (tertiary/aromatic N) is 3. The number of fused-ring (bicyclic) bond motifs is 1. The van der Waals surface area contributed by atoms with E-state index in [0.29, 0.717) is 12.5 Å². The third kappa shape index (κ3) is 4.19. The number of anilines is 1. The summed E-state index contributed by atoms with van der Waals surface area (Å²) in [6.07, 6.45) is 0. The highest BCUT2D eigenvalue weighted by Gasteiger charge is 2.16. The van der Waals surface area contributed by atoms with E-state index in [1.165, 1.54) is 0 Å². The maximum Gasteiger partial charge on any atom is 0.244 e. The topological polar surface area (TPSA) is 50.2 Å². The lowest BCUT2D eigenvalue weighted by molar-refractivity contribution is -0.116. The molecule has 0 aliphatic carbocycles. The van der Waals surface area contributed by atoms with E-state index in [-0.39, 0.29) is 12.5 Å². The number of aromatic nitrogens is 2. The van der Waals surface area contributed by atoms with Gasteiger partial charge in [0.2, 0.25) is 5.91 Å². The minimum atomic E-state index is -0.0330. The fourth-order valence-electron chi connectivity index (χ4n) is 3.37. The molecule has 0 bridgehead atoms. The highest BCUT2D eigenvalue weighted by Crippen LogP contribution is 2.27. The van der Waals surface area contributed by atoms with Gasteiger partial charge in [-0.25, -0.2) is 4.98 Å². The van der Waals surface area contributed by atoms with Crippen LogP contribution in [-0.4, -0.2) is 34.5 Å². The van der Waals surface area contributed by atoms with Gasteiger partial charge in [0.25, 0.3) is 0 Å². The lowest BCUT2D eigenvalue weighted by atomic mass is 9.98. The first-order chi connectivity index (χ1) is 12.9. The van der Waals surface area contributed by atoms with Gasteiger partial charge >= 0.3 is 0 Å². The van der Waals surface area contributed by atoms with Gasteiger partial charge in [0.15, 0.2) is 0 Å². The summed E-state index contributed by atoms with van der Waals surface area (Å²) in [4.78, 5) is 19.7. The average molecular weight is 364 g/mol. The summed E-state index contributed by atoms with van der Waals surface area (Å²) in [6, 6.07) is 14.1. The number of amides is 1. The number of rotatable bonds is 6. The van der Waals surface area contributed by atoms with Gasteiger partial charge in [-0.1, -0.05) is 44.2 Å². The van der Waals surface area contributed by atoms with Crippen molar-refractivity contribution in [3.8, 4) is 0 Å². The maximum absolute atomic E-state index is 12.9. The number of para-hydroxylation sites is 3. The molecule has 0 aliphatic heterocycles. The zero-order chi connectivity index (χ0) is 19.6. The molecule has 3 rings (SSSR count). The minimum Gasteiger partial charge on any atom is -0.324 e. The van der Waals surface area contributed by atoms with Gasteiger partial charge in [0, 0.05) is 5.69 Å². The molecule has 3 aromatic rings. The van der Waals surface area contributed by atoms with Crippen LogP contribution in [0.3, 0.4) is 0 Å². The highest BCUT2D eigenvalue weighted by atomic mass is 16.1. The van der Waals surface area contributed by atoms with Crippen LogP contribution >= 0.6 is 0 Å². The van der Waals surface area contributed by atoms with Crippen molar-refractivity contribution < 1.29 is 4.79 Å². The Balaban J connectivity index is 1.91. The fourth-order valence-corrected chi connectivity index (χ4v) is 3.37. The Bertz CT molecular complexity index is 956. The number of imidazole rings is 1. The van der Waals surface area contributed by atoms with Crippen molar-refractivity contribution >= 4 is 22.6 Å². The summed E-state index contributed by atoms with van der Waals surface area (Å²) in [5, 5.41) is 3.14. The van der Waals surface area contributed by atoms with Gasteiger partial charge in [-0.3, -0.25) is 4.79 Å². The van der Waals surface area contributed by atoms with E-state index in [9.17, 15) is 4.79 Å². The largest absolute Gasteiger partial charge is 0.324 e. The van der Waals surface area contributed by atoms with Crippen molar-refractivity contribution in [2.75, 3.05) is 19.4 Å². The normalized spacial score (nSPS) is 11.5. The molecule has 0 aliphatic rings. The lowest BCUT2D eigenvalue weighted by Gasteiger charge is -2.17. The summed E-state index contributed by atoms with van der Waals surface area (Å²) in [5.41, 5.74) is 5.07. The van der Waals surface area contributed by atoms with E-state index in [1.807, 2.05) is 62.0 Å². The van der Waals surface area contributed by atoms with Crippen LogP contribution in [0.25, 0.3) is 11.0 Å². The van der Waals surface area contributed by atoms with Crippen LogP contribution in [0, 0.1) is 6.92 Å². The summed E-state index contributed by atoms with van der Waals surface area (Å²) in [5.74, 6) is 1.21. The van der Waals surface area contributed by atoms with Crippen molar-refractivity contribution in [1.29, 1.82) is 0 Å². The standard InChI is InChI=1S/C22H28N4O/c1-15(2)17-10-8-9-16(3)22(17)24-21(27)14-26-19-12-7-6-11-18(19)23-20(26)13-25(4)5/h6-12,15H,13-14H2,1-5H3,(H,24,27). The van der Waals surface area contributed by atoms with Crippen LogP contribution in [0.1, 0.15) is 36.7 Å². The van der Waals surface area contributed by atoms with Crippen LogP contribution < -0.4 is 5.32 Å². The molecule has 2 aromatic carbocycles. The van der Waals surface area contributed by atoms with E-state index >= 15 is 0 Å². The molecular weight excluding hydrogens is 336 g/mol. The number of carbonyl (C=O) groups excluding carboxylic acids is 1. The Morgan fingerprint density at radius 1 is 1.15 bits per heavy atom. The first-order valence-electron chi connectivity index (χ1n) is 9.35. The van der Waals surface area contributed by atoms with Crippen LogP contribution in [-0.2, 0) is 17.9 Å². The molecule has 1 aromatic heterocycles. The Morgan fingerprint density at radius 3 is 2.59 bits per heavy atom. The number of benzene rings is 2. The third-order valence-corrected chi connectivity index (χ3v) is 4.68. The Kier molecular flexibility index (Phi) is 5.61. The lowest BCUT2D eigenvalue weighted by Crippen LogP contribution is -2.23. The Hall–Kier alpha value is -2.66. The molecule has 0 radical (unpaired) electrons. The van der Waals surface area contributed by atoms with Crippen LogP contribution in [0.5, 0.6) is 0 Å². The molecule has 1 amide bonds. The summed E-state index contributed by atoms with van der Waals surface area (Å²) >= 11 is 0.